The highest BCUT2D eigenvalue weighted by Gasteiger charge is 2.20. The van der Waals surface area contributed by atoms with Crippen LogP contribution in [0.3, 0.4) is 0 Å². The summed E-state index contributed by atoms with van der Waals surface area (Å²) in [5, 5.41) is 11.2. The van der Waals surface area contributed by atoms with Crippen molar-refractivity contribution < 1.29 is 13.6 Å². The maximum atomic E-state index is 13.3. The van der Waals surface area contributed by atoms with Crippen LogP contribution in [0.1, 0.15) is 45.1 Å². The SMILES string of the molecule is Cc1cc(C(F)F)n2ncc(C(=O)Nc3cccc(Cn4nc(C)cc4C)c3)c2n1. The summed E-state index contributed by atoms with van der Waals surface area (Å²) in [5.41, 5.74) is 3.85. The van der Waals surface area contributed by atoms with Gasteiger partial charge < -0.3 is 5.32 Å². The third-order valence-corrected chi connectivity index (χ3v) is 4.72. The quantitative estimate of drug-likeness (QED) is 0.538. The molecule has 4 rings (SSSR count). The number of nitrogens with one attached hydrogen (secondary N) is 1. The summed E-state index contributed by atoms with van der Waals surface area (Å²) >= 11 is 0. The average molecular weight is 410 g/mol. The van der Waals surface area contributed by atoms with Crippen LogP contribution in [0.5, 0.6) is 0 Å². The van der Waals surface area contributed by atoms with Crippen molar-refractivity contribution >= 4 is 17.2 Å². The van der Waals surface area contributed by atoms with Gasteiger partial charge in [-0.1, -0.05) is 12.1 Å². The van der Waals surface area contributed by atoms with Crippen LogP contribution in [-0.2, 0) is 6.54 Å². The van der Waals surface area contributed by atoms with Gasteiger partial charge >= 0.3 is 0 Å². The second kappa shape index (κ2) is 7.66. The minimum absolute atomic E-state index is 0.0987. The van der Waals surface area contributed by atoms with E-state index in [1.54, 1.807) is 13.0 Å². The Hall–Kier alpha value is -3.62. The molecule has 0 aliphatic heterocycles. The Balaban J connectivity index is 1.59. The number of fused-ring (bicyclic) bond motifs is 1. The second-order valence-electron chi connectivity index (χ2n) is 7.16. The third-order valence-electron chi connectivity index (χ3n) is 4.72. The number of aromatic nitrogens is 5. The molecule has 9 heteroatoms. The predicted octanol–water partition coefficient (Wildman–Crippen LogP) is 4.09. The van der Waals surface area contributed by atoms with Crippen LogP contribution in [0.25, 0.3) is 5.65 Å². The van der Waals surface area contributed by atoms with Crippen molar-refractivity contribution in [3.8, 4) is 0 Å². The zero-order valence-electron chi connectivity index (χ0n) is 16.7. The van der Waals surface area contributed by atoms with Gasteiger partial charge in [0.25, 0.3) is 12.3 Å². The van der Waals surface area contributed by atoms with E-state index in [-0.39, 0.29) is 16.9 Å². The molecule has 0 saturated carbocycles. The van der Waals surface area contributed by atoms with Gasteiger partial charge in [-0.15, -0.1) is 0 Å². The fourth-order valence-electron chi connectivity index (χ4n) is 3.38. The lowest BCUT2D eigenvalue weighted by Gasteiger charge is -2.09. The van der Waals surface area contributed by atoms with Crippen molar-refractivity contribution in [1.29, 1.82) is 0 Å². The molecule has 3 heterocycles. The Morgan fingerprint density at radius 2 is 1.93 bits per heavy atom. The third kappa shape index (κ3) is 3.78. The first kappa shape index (κ1) is 19.7. The molecule has 1 amide bonds. The highest BCUT2D eigenvalue weighted by molar-refractivity contribution is 6.08. The Morgan fingerprint density at radius 1 is 1.13 bits per heavy atom. The lowest BCUT2D eigenvalue weighted by atomic mass is 10.2. The van der Waals surface area contributed by atoms with Crippen LogP contribution < -0.4 is 5.32 Å². The molecule has 0 aliphatic carbocycles. The van der Waals surface area contributed by atoms with Crippen LogP contribution in [-0.4, -0.2) is 30.3 Å². The highest BCUT2D eigenvalue weighted by Crippen LogP contribution is 2.22. The number of carbonyl (C=O) groups is 1. The van der Waals surface area contributed by atoms with Gasteiger partial charge in [-0.05, 0) is 50.6 Å². The van der Waals surface area contributed by atoms with E-state index in [0.717, 1.165) is 21.5 Å². The van der Waals surface area contributed by atoms with Crippen molar-refractivity contribution in [1.82, 2.24) is 24.4 Å². The van der Waals surface area contributed by atoms with Crippen molar-refractivity contribution in [3.05, 3.63) is 76.5 Å². The van der Waals surface area contributed by atoms with Crippen molar-refractivity contribution in [3.63, 3.8) is 0 Å². The Kier molecular flexibility index (Phi) is 5.03. The van der Waals surface area contributed by atoms with E-state index in [4.69, 9.17) is 0 Å². The number of alkyl halides is 2. The summed E-state index contributed by atoms with van der Waals surface area (Å²) in [6.07, 6.45) is -1.47. The molecule has 0 bridgehead atoms. The van der Waals surface area contributed by atoms with E-state index >= 15 is 0 Å². The van der Waals surface area contributed by atoms with Gasteiger partial charge in [-0.25, -0.2) is 18.3 Å². The van der Waals surface area contributed by atoms with E-state index in [0.29, 0.717) is 17.9 Å². The number of benzene rings is 1. The Labute approximate surface area is 171 Å². The molecular weight excluding hydrogens is 390 g/mol. The number of halogens is 2. The molecule has 3 aromatic heterocycles. The molecule has 154 valence electrons. The average Bonchev–Trinajstić information content (AvgIpc) is 3.23. The maximum Gasteiger partial charge on any atom is 0.280 e. The van der Waals surface area contributed by atoms with Gasteiger partial charge in [0, 0.05) is 17.1 Å². The lowest BCUT2D eigenvalue weighted by molar-refractivity contribution is 0.102. The van der Waals surface area contributed by atoms with Crippen molar-refractivity contribution in [2.24, 2.45) is 0 Å². The Bertz CT molecular complexity index is 1240. The summed E-state index contributed by atoms with van der Waals surface area (Å²) in [7, 11) is 0. The fourth-order valence-corrected chi connectivity index (χ4v) is 3.38. The number of hydrogen-bond acceptors (Lipinski definition) is 4. The number of rotatable bonds is 5. The number of nitrogens with zero attached hydrogens (tertiary/aromatic N) is 5. The molecule has 1 aromatic carbocycles. The highest BCUT2D eigenvalue weighted by atomic mass is 19.3. The molecule has 0 saturated heterocycles. The van der Waals surface area contributed by atoms with Gasteiger partial charge in [0.05, 0.1) is 18.4 Å². The number of amides is 1. The summed E-state index contributed by atoms with van der Waals surface area (Å²) in [5.74, 6) is -0.466. The number of anilines is 1. The fraction of sp³-hybridized carbons (Fsp3) is 0.238. The molecule has 30 heavy (non-hydrogen) atoms. The number of carbonyl (C=O) groups excluding carboxylic acids is 1. The van der Waals surface area contributed by atoms with Gasteiger partial charge in [-0.3, -0.25) is 9.48 Å². The summed E-state index contributed by atoms with van der Waals surface area (Å²) in [6, 6.07) is 10.7. The predicted molar refractivity (Wildman–Crippen MR) is 108 cm³/mol. The van der Waals surface area contributed by atoms with Gasteiger partial charge in [0.15, 0.2) is 5.65 Å². The van der Waals surface area contributed by atoms with Crippen LogP contribution in [0, 0.1) is 20.8 Å². The minimum atomic E-state index is -2.73. The largest absolute Gasteiger partial charge is 0.322 e. The molecule has 0 spiro atoms. The first-order valence-electron chi connectivity index (χ1n) is 9.36. The standard InChI is InChI=1S/C21H20F2N6O/c1-12-8-18(19(22)23)29-20(25-12)17(10-24-29)21(30)26-16-6-4-5-15(9-16)11-28-14(3)7-13(2)27-28/h4-10,19H,11H2,1-3H3,(H,26,30). The maximum absolute atomic E-state index is 13.3. The zero-order chi connectivity index (χ0) is 21.4. The number of hydrogen-bond donors (Lipinski definition) is 1. The molecule has 0 atom stereocenters. The van der Waals surface area contributed by atoms with E-state index in [9.17, 15) is 13.6 Å². The first-order chi connectivity index (χ1) is 14.3. The molecule has 0 fully saturated rings. The van der Waals surface area contributed by atoms with Crippen LogP contribution in [0.15, 0.2) is 42.6 Å². The molecule has 4 aromatic rings. The molecule has 0 aliphatic rings. The van der Waals surface area contributed by atoms with Gasteiger partial charge in [-0.2, -0.15) is 10.2 Å². The summed E-state index contributed by atoms with van der Waals surface area (Å²) < 4.78 is 29.5. The molecule has 1 N–H and O–H groups in total. The van der Waals surface area contributed by atoms with Crippen molar-refractivity contribution in [2.75, 3.05) is 5.32 Å². The normalized spacial score (nSPS) is 11.4. The second-order valence-corrected chi connectivity index (χ2v) is 7.16. The van der Waals surface area contributed by atoms with Crippen LogP contribution in [0.2, 0.25) is 0 Å². The van der Waals surface area contributed by atoms with Gasteiger partial charge in [0.2, 0.25) is 0 Å². The summed E-state index contributed by atoms with van der Waals surface area (Å²) in [4.78, 5) is 17.0. The lowest BCUT2D eigenvalue weighted by Crippen LogP contribution is -2.13. The van der Waals surface area contributed by atoms with Crippen LogP contribution >= 0.6 is 0 Å². The smallest absolute Gasteiger partial charge is 0.280 e. The monoisotopic (exact) mass is 410 g/mol. The minimum Gasteiger partial charge on any atom is -0.322 e. The van der Waals surface area contributed by atoms with Crippen molar-refractivity contribution in [2.45, 2.75) is 33.7 Å². The summed E-state index contributed by atoms with van der Waals surface area (Å²) in [6.45, 7) is 6.09. The molecule has 0 radical (unpaired) electrons. The van der Waals surface area contributed by atoms with E-state index in [2.05, 4.69) is 20.5 Å². The molecular formula is C21H20F2N6O. The zero-order valence-corrected chi connectivity index (χ0v) is 16.7. The molecule has 7 nitrogen and oxygen atoms in total. The Morgan fingerprint density at radius 3 is 2.63 bits per heavy atom. The first-order valence-corrected chi connectivity index (χ1v) is 9.36. The van der Waals surface area contributed by atoms with E-state index < -0.39 is 12.3 Å². The topological polar surface area (TPSA) is 77.1 Å². The van der Waals surface area contributed by atoms with Gasteiger partial charge in [0.1, 0.15) is 11.3 Å². The van der Waals surface area contributed by atoms with E-state index in [1.807, 2.05) is 42.8 Å². The molecule has 0 unspecified atom stereocenters. The van der Waals surface area contributed by atoms with Crippen LogP contribution in [0.4, 0.5) is 14.5 Å². The van der Waals surface area contributed by atoms with E-state index in [1.165, 1.54) is 12.3 Å². The number of aryl methyl sites for hydroxylation is 3.